The van der Waals surface area contributed by atoms with Crippen LogP contribution < -0.4 is 10.6 Å². The molecule has 2 N–H and O–H groups in total. The summed E-state index contributed by atoms with van der Waals surface area (Å²) in [5, 5.41) is 6.22. The first-order valence-corrected chi connectivity index (χ1v) is 5.13. The van der Waals surface area contributed by atoms with Crippen LogP contribution in [0, 0.1) is 5.92 Å². The molecule has 4 nitrogen and oxygen atoms in total. The van der Waals surface area contributed by atoms with Crippen LogP contribution in [0.5, 0.6) is 0 Å². The van der Waals surface area contributed by atoms with Gasteiger partial charge in [-0.2, -0.15) is 0 Å². The molecule has 0 radical (unpaired) electrons. The molecule has 1 saturated carbocycles. The van der Waals surface area contributed by atoms with Crippen LogP contribution in [0.3, 0.4) is 0 Å². The van der Waals surface area contributed by atoms with Crippen LogP contribution in [-0.2, 0) is 4.74 Å². The molecule has 1 aliphatic carbocycles. The molecule has 88 valence electrons. The Morgan fingerprint density at radius 1 is 1.53 bits per heavy atom. The molecular formula is C10H19ClN2O2. The summed E-state index contributed by atoms with van der Waals surface area (Å²) >= 11 is 0. The molecule has 2 aliphatic rings. The normalized spacial score (nSPS) is 32.6. The minimum Gasteiger partial charge on any atom is -0.444 e. The summed E-state index contributed by atoms with van der Waals surface area (Å²) in [6.45, 7) is 7.54. The van der Waals surface area contributed by atoms with E-state index in [0.29, 0.717) is 5.92 Å². The van der Waals surface area contributed by atoms with Crippen LogP contribution in [0.1, 0.15) is 27.2 Å². The molecule has 2 atom stereocenters. The number of hydrogen-bond donors (Lipinski definition) is 2. The first-order chi connectivity index (χ1) is 6.41. The predicted molar refractivity (Wildman–Crippen MR) is 60.3 cm³/mol. The van der Waals surface area contributed by atoms with Crippen LogP contribution in [-0.4, -0.2) is 30.3 Å². The molecule has 0 spiro atoms. The maximum absolute atomic E-state index is 11.5. The second kappa shape index (κ2) is 3.83. The average Bonchev–Trinajstić information content (AvgIpc) is 2.48. The van der Waals surface area contributed by atoms with Crippen LogP contribution in [0.2, 0.25) is 0 Å². The van der Waals surface area contributed by atoms with Gasteiger partial charge in [-0.25, -0.2) is 4.79 Å². The zero-order valence-corrected chi connectivity index (χ0v) is 10.2. The minimum atomic E-state index is -0.406. The Morgan fingerprint density at radius 3 is 2.60 bits per heavy atom. The maximum atomic E-state index is 11.5. The highest BCUT2D eigenvalue weighted by atomic mass is 35.5. The SMILES string of the molecule is CC(C)(C)OC(=O)N[C@]12CNC[C@H]1C2.Cl. The van der Waals surface area contributed by atoms with E-state index in [9.17, 15) is 4.79 Å². The van der Waals surface area contributed by atoms with Crippen LogP contribution in [0.25, 0.3) is 0 Å². The topological polar surface area (TPSA) is 50.4 Å². The lowest BCUT2D eigenvalue weighted by Crippen LogP contribution is -2.43. The van der Waals surface area contributed by atoms with E-state index in [1.54, 1.807) is 0 Å². The zero-order valence-electron chi connectivity index (χ0n) is 9.42. The molecule has 0 bridgehead atoms. The monoisotopic (exact) mass is 234 g/mol. The van der Waals surface area contributed by atoms with Crippen LogP contribution in [0.4, 0.5) is 4.79 Å². The third kappa shape index (κ3) is 2.75. The highest BCUT2D eigenvalue weighted by Gasteiger charge is 2.58. The quantitative estimate of drug-likeness (QED) is 0.719. The molecule has 0 unspecified atom stereocenters. The van der Waals surface area contributed by atoms with Gasteiger partial charge in [-0.05, 0) is 33.1 Å². The number of carbonyl (C=O) groups excluding carboxylic acids is 1. The van der Waals surface area contributed by atoms with Crippen molar-refractivity contribution in [3.63, 3.8) is 0 Å². The first-order valence-electron chi connectivity index (χ1n) is 5.13. The van der Waals surface area contributed by atoms with Gasteiger partial charge in [0.1, 0.15) is 5.60 Å². The Morgan fingerprint density at radius 2 is 2.20 bits per heavy atom. The van der Waals surface area contributed by atoms with Crippen LogP contribution >= 0.6 is 12.4 Å². The molecule has 1 amide bonds. The lowest BCUT2D eigenvalue weighted by Gasteiger charge is -2.22. The molecule has 2 rings (SSSR count). The number of piperidine rings is 1. The van der Waals surface area contributed by atoms with Crippen molar-refractivity contribution in [1.82, 2.24) is 10.6 Å². The fraction of sp³-hybridized carbons (Fsp3) is 0.900. The lowest BCUT2D eigenvalue weighted by molar-refractivity contribution is 0.0497. The van der Waals surface area contributed by atoms with Crippen LogP contribution in [0.15, 0.2) is 0 Å². The highest BCUT2D eigenvalue weighted by Crippen LogP contribution is 2.46. The summed E-state index contributed by atoms with van der Waals surface area (Å²) in [6, 6.07) is 0. The van der Waals surface area contributed by atoms with Gasteiger partial charge in [-0.1, -0.05) is 0 Å². The van der Waals surface area contributed by atoms with E-state index in [-0.39, 0.29) is 24.0 Å². The van der Waals surface area contributed by atoms with E-state index in [4.69, 9.17) is 4.74 Å². The second-order valence-electron chi connectivity index (χ2n) is 5.31. The first kappa shape index (κ1) is 12.6. The number of rotatable bonds is 1. The van der Waals surface area contributed by atoms with Crippen molar-refractivity contribution in [2.75, 3.05) is 13.1 Å². The second-order valence-corrected chi connectivity index (χ2v) is 5.31. The van der Waals surface area contributed by atoms with Gasteiger partial charge in [0, 0.05) is 13.1 Å². The van der Waals surface area contributed by atoms with E-state index >= 15 is 0 Å². The van der Waals surface area contributed by atoms with Gasteiger partial charge in [0.25, 0.3) is 0 Å². The Bertz CT molecular complexity index is 265. The Balaban J connectivity index is 0.00000112. The van der Waals surface area contributed by atoms with Gasteiger partial charge in [-0.15, -0.1) is 12.4 Å². The van der Waals surface area contributed by atoms with Crippen molar-refractivity contribution in [3.05, 3.63) is 0 Å². The van der Waals surface area contributed by atoms with Gasteiger partial charge in [0.15, 0.2) is 0 Å². The molecule has 1 heterocycles. The van der Waals surface area contributed by atoms with Gasteiger partial charge < -0.3 is 15.4 Å². The van der Waals surface area contributed by atoms with E-state index < -0.39 is 5.60 Å². The summed E-state index contributed by atoms with van der Waals surface area (Å²) < 4.78 is 5.21. The summed E-state index contributed by atoms with van der Waals surface area (Å²) in [5.41, 5.74) is -0.389. The minimum absolute atomic E-state index is 0. The molecule has 1 saturated heterocycles. The van der Waals surface area contributed by atoms with Crippen molar-refractivity contribution in [2.45, 2.75) is 38.3 Å². The van der Waals surface area contributed by atoms with Gasteiger partial charge in [0.2, 0.25) is 0 Å². The average molecular weight is 235 g/mol. The number of nitrogens with one attached hydrogen (secondary N) is 2. The van der Waals surface area contributed by atoms with E-state index in [1.165, 1.54) is 0 Å². The van der Waals surface area contributed by atoms with Gasteiger partial charge in [-0.3, -0.25) is 0 Å². The predicted octanol–water partition coefficient (Wildman–Crippen LogP) is 1.29. The van der Waals surface area contributed by atoms with E-state index in [2.05, 4.69) is 10.6 Å². The molecular weight excluding hydrogens is 216 g/mol. The molecule has 15 heavy (non-hydrogen) atoms. The number of fused-ring (bicyclic) bond motifs is 1. The molecule has 0 aromatic carbocycles. The van der Waals surface area contributed by atoms with Crippen molar-refractivity contribution in [1.29, 1.82) is 0 Å². The number of hydrogen-bond acceptors (Lipinski definition) is 3. The maximum Gasteiger partial charge on any atom is 0.408 e. The van der Waals surface area contributed by atoms with E-state index in [1.807, 2.05) is 20.8 Å². The largest absolute Gasteiger partial charge is 0.444 e. The number of alkyl carbamates (subject to hydrolysis) is 1. The number of ether oxygens (including phenoxy) is 1. The molecule has 0 aromatic heterocycles. The number of amides is 1. The van der Waals surface area contributed by atoms with Crippen molar-refractivity contribution in [2.24, 2.45) is 5.92 Å². The lowest BCUT2D eigenvalue weighted by atomic mass is 10.2. The molecule has 1 aliphatic heterocycles. The molecule has 5 heteroatoms. The summed E-state index contributed by atoms with van der Waals surface area (Å²) in [5.74, 6) is 0.620. The molecule has 0 aromatic rings. The third-order valence-electron chi connectivity index (χ3n) is 2.81. The summed E-state index contributed by atoms with van der Waals surface area (Å²) in [6.07, 6.45) is 0.808. The summed E-state index contributed by atoms with van der Waals surface area (Å²) in [4.78, 5) is 11.5. The van der Waals surface area contributed by atoms with Crippen molar-refractivity contribution >= 4 is 18.5 Å². The molecule has 2 fully saturated rings. The standard InChI is InChI=1S/C10H18N2O2.ClH/c1-9(2,3)14-8(13)12-10-4-7(10)5-11-6-10;/h7,11H,4-6H2,1-3H3,(H,12,13);1H/t7-,10-;/m1./s1. The fourth-order valence-corrected chi connectivity index (χ4v) is 2.04. The number of halogens is 1. The smallest absolute Gasteiger partial charge is 0.408 e. The Labute approximate surface area is 96.5 Å². The van der Waals surface area contributed by atoms with Crippen molar-refractivity contribution < 1.29 is 9.53 Å². The fourth-order valence-electron chi connectivity index (χ4n) is 2.04. The number of carbonyl (C=O) groups is 1. The van der Waals surface area contributed by atoms with E-state index in [0.717, 1.165) is 19.5 Å². The van der Waals surface area contributed by atoms with Crippen molar-refractivity contribution in [3.8, 4) is 0 Å². The third-order valence-corrected chi connectivity index (χ3v) is 2.81. The van der Waals surface area contributed by atoms with Gasteiger partial charge in [0.05, 0.1) is 5.54 Å². The Hall–Kier alpha value is -0.480. The summed E-state index contributed by atoms with van der Waals surface area (Å²) in [7, 11) is 0. The zero-order chi connectivity index (χ0) is 10.4. The van der Waals surface area contributed by atoms with Gasteiger partial charge >= 0.3 is 6.09 Å². The Kier molecular flexibility index (Phi) is 3.22. The highest BCUT2D eigenvalue weighted by molar-refractivity contribution is 5.85.